The summed E-state index contributed by atoms with van der Waals surface area (Å²) in [6.45, 7) is 1.50. The number of carbonyl (C=O) groups excluding carboxylic acids is 1. The van der Waals surface area contributed by atoms with Gasteiger partial charge in [0.25, 0.3) is 5.91 Å². The molecule has 0 saturated heterocycles. The number of anilines is 1. The normalized spacial score (nSPS) is 10.6. The highest BCUT2D eigenvalue weighted by Crippen LogP contribution is 2.24. The number of para-hydroxylation sites is 1. The SMILES string of the molecule is COCCN(Cc1cccs1)C(=O)c1cccc(Cl)c1N. The maximum atomic E-state index is 12.7. The van der Waals surface area contributed by atoms with Crippen LogP contribution in [0, 0.1) is 0 Å². The summed E-state index contributed by atoms with van der Waals surface area (Å²) in [5.74, 6) is -0.138. The second kappa shape index (κ2) is 7.45. The molecule has 4 nitrogen and oxygen atoms in total. The minimum atomic E-state index is -0.138. The van der Waals surface area contributed by atoms with Crippen LogP contribution in [0.3, 0.4) is 0 Å². The summed E-state index contributed by atoms with van der Waals surface area (Å²) in [7, 11) is 1.61. The smallest absolute Gasteiger partial charge is 0.256 e. The summed E-state index contributed by atoms with van der Waals surface area (Å²) in [5.41, 5.74) is 6.66. The lowest BCUT2D eigenvalue weighted by molar-refractivity contribution is 0.0683. The standard InChI is InChI=1S/C15H17ClN2O2S/c1-20-8-7-18(10-11-4-3-9-21-11)15(19)12-5-2-6-13(16)14(12)17/h2-6,9H,7-8,10,17H2,1H3. The van der Waals surface area contributed by atoms with Crippen molar-refractivity contribution < 1.29 is 9.53 Å². The van der Waals surface area contributed by atoms with Gasteiger partial charge in [-0.25, -0.2) is 0 Å². The van der Waals surface area contributed by atoms with Crippen LogP contribution in [0.4, 0.5) is 5.69 Å². The highest BCUT2D eigenvalue weighted by atomic mass is 35.5. The third-order valence-corrected chi connectivity index (χ3v) is 4.25. The largest absolute Gasteiger partial charge is 0.397 e. The molecule has 1 amide bonds. The molecule has 1 heterocycles. The molecule has 2 rings (SSSR count). The topological polar surface area (TPSA) is 55.6 Å². The van der Waals surface area contributed by atoms with Crippen LogP contribution in [0.25, 0.3) is 0 Å². The average molecular weight is 325 g/mol. The Hall–Kier alpha value is -1.56. The number of carbonyl (C=O) groups is 1. The number of hydrogen-bond donors (Lipinski definition) is 1. The minimum Gasteiger partial charge on any atom is -0.397 e. The first-order valence-corrected chi connectivity index (χ1v) is 7.74. The summed E-state index contributed by atoms with van der Waals surface area (Å²) in [6, 6.07) is 9.06. The average Bonchev–Trinajstić information content (AvgIpc) is 2.98. The van der Waals surface area contributed by atoms with Crippen molar-refractivity contribution in [2.24, 2.45) is 0 Å². The first-order valence-electron chi connectivity index (χ1n) is 6.48. The number of nitrogen functional groups attached to an aromatic ring is 1. The third-order valence-electron chi connectivity index (χ3n) is 3.06. The molecular formula is C15H17ClN2O2S. The molecular weight excluding hydrogens is 308 g/mol. The molecule has 112 valence electrons. The summed E-state index contributed by atoms with van der Waals surface area (Å²) < 4.78 is 5.08. The van der Waals surface area contributed by atoms with Crippen LogP contribution >= 0.6 is 22.9 Å². The fraction of sp³-hybridized carbons (Fsp3) is 0.267. The van der Waals surface area contributed by atoms with Crippen LogP contribution in [0.2, 0.25) is 5.02 Å². The second-order valence-electron chi connectivity index (χ2n) is 4.50. The van der Waals surface area contributed by atoms with Crippen molar-refractivity contribution in [3.63, 3.8) is 0 Å². The van der Waals surface area contributed by atoms with E-state index in [1.807, 2.05) is 17.5 Å². The van der Waals surface area contributed by atoms with Gasteiger partial charge in [-0.2, -0.15) is 0 Å². The number of amides is 1. The number of thiophene rings is 1. The molecule has 0 unspecified atom stereocenters. The first kappa shape index (κ1) is 15.8. The van der Waals surface area contributed by atoms with E-state index in [1.54, 1.807) is 41.5 Å². The number of methoxy groups -OCH3 is 1. The Labute approximate surface area is 133 Å². The zero-order chi connectivity index (χ0) is 15.2. The molecule has 0 atom stereocenters. The molecule has 2 aromatic rings. The van der Waals surface area contributed by atoms with E-state index in [2.05, 4.69) is 0 Å². The van der Waals surface area contributed by atoms with Crippen LogP contribution in [-0.2, 0) is 11.3 Å². The van der Waals surface area contributed by atoms with E-state index in [9.17, 15) is 4.79 Å². The molecule has 1 aromatic heterocycles. The predicted molar refractivity (Wildman–Crippen MR) is 86.8 cm³/mol. The predicted octanol–water partition coefficient (Wildman–Crippen LogP) is 3.27. The zero-order valence-corrected chi connectivity index (χ0v) is 13.3. The Kier molecular flexibility index (Phi) is 5.61. The molecule has 1 aromatic carbocycles. The van der Waals surface area contributed by atoms with Crippen LogP contribution in [0.15, 0.2) is 35.7 Å². The number of ether oxygens (including phenoxy) is 1. The summed E-state index contributed by atoms with van der Waals surface area (Å²) >= 11 is 7.60. The van der Waals surface area contributed by atoms with Crippen molar-refractivity contribution in [3.05, 3.63) is 51.2 Å². The number of benzene rings is 1. The maximum absolute atomic E-state index is 12.7. The molecule has 0 spiro atoms. The van der Waals surface area contributed by atoms with Gasteiger partial charge in [0.05, 0.1) is 29.4 Å². The van der Waals surface area contributed by atoms with Crippen molar-refractivity contribution in [1.82, 2.24) is 4.90 Å². The van der Waals surface area contributed by atoms with E-state index in [4.69, 9.17) is 22.1 Å². The van der Waals surface area contributed by atoms with E-state index >= 15 is 0 Å². The summed E-state index contributed by atoms with van der Waals surface area (Å²) in [4.78, 5) is 15.5. The highest BCUT2D eigenvalue weighted by Gasteiger charge is 2.19. The number of rotatable bonds is 6. The Morgan fingerprint density at radius 2 is 2.19 bits per heavy atom. The molecule has 6 heteroatoms. The Morgan fingerprint density at radius 1 is 1.38 bits per heavy atom. The fourth-order valence-electron chi connectivity index (χ4n) is 1.94. The summed E-state index contributed by atoms with van der Waals surface area (Å²) in [5, 5.41) is 2.38. The maximum Gasteiger partial charge on any atom is 0.256 e. The van der Waals surface area contributed by atoms with Gasteiger partial charge in [-0.3, -0.25) is 4.79 Å². The van der Waals surface area contributed by atoms with Crippen molar-refractivity contribution >= 4 is 34.5 Å². The van der Waals surface area contributed by atoms with E-state index in [1.165, 1.54) is 0 Å². The van der Waals surface area contributed by atoms with Gasteiger partial charge in [-0.1, -0.05) is 23.7 Å². The number of nitrogens with two attached hydrogens (primary N) is 1. The van der Waals surface area contributed by atoms with Crippen LogP contribution < -0.4 is 5.73 Å². The Bertz CT molecular complexity index is 602. The van der Waals surface area contributed by atoms with Gasteiger partial charge < -0.3 is 15.4 Å². The van der Waals surface area contributed by atoms with Gasteiger partial charge in [0, 0.05) is 18.5 Å². The Morgan fingerprint density at radius 3 is 2.86 bits per heavy atom. The molecule has 0 radical (unpaired) electrons. The molecule has 0 aliphatic heterocycles. The lowest BCUT2D eigenvalue weighted by Gasteiger charge is -2.22. The monoisotopic (exact) mass is 324 g/mol. The quantitative estimate of drug-likeness (QED) is 0.830. The van der Waals surface area contributed by atoms with Crippen molar-refractivity contribution in [1.29, 1.82) is 0 Å². The van der Waals surface area contributed by atoms with E-state index < -0.39 is 0 Å². The third kappa shape index (κ3) is 3.97. The highest BCUT2D eigenvalue weighted by molar-refractivity contribution is 7.09. The van der Waals surface area contributed by atoms with Gasteiger partial charge in [-0.15, -0.1) is 11.3 Å². The van der Waals surface area contributed by atoms with Gasteiger partial charge >= 0.3 is 0 Å². The lowest BCUT2D eigenvalue weighted by atomic mass is 10.1. The number of halogens is 1. The Balaban J connectivity index is 2.22. The zero-order valence-electron chi connectivity index (χ0n) is 11.7. The van der Waals surface area contributed by atoms with Crippen LogP contribution in [0.5, 0.6) is 0 Å². The van der Waals surface area contributed by atoms with Gasteiger partial charge in [-0.05, 0) is 23.6 Å². The van der Waals surface area contributed by atoms with Crippen LogP contribution in [0.1, 0.15) is 15.2 Å². The molecule has 0 bridgehead atoms. The van der Waals surface area contributed by atoms with Gasteiger partial charge in [0.1, 0.15) is 0 Å². The fourth-order valence-corrected chi connectivity index (χ4v) is 2.83. The molecule has 0 aliphatic carbocycles. The molecule has 0 saturated carbocycles. The molecule has 0 aliphatic rings. The number of nitrogens with zero attached hydrogens (tertiary/aromatic N) is 1. The molecule has 21 heavy (non-hydrogen) atoms. The lowest BCUT2D eigenvalue weighted by Crippen LogP contribution is -2.33. The van der Waals surface area contributed by atoms with E-state index in [0.717, 1.165) is 4.88 Å². The molecule has 0 fully saturated rings. The van der Waals surface area contributed by atoms with Gasteiger partial charge in [0.2, 0.25) is 0 Å². The number of hydrogen-bond acceptors (Lipinski definition) is 4. The summed E-state index contributed by atoms with van der Waals surface area (Å²) in [6.07, 6.45) is 0. The first-order chi connectivity index (χ1) is 10.1. The molecule has 2 N–H and O–H groups in total. The minimum absolute atomic E-state index is 0.138. The van der Waals surface area contributed by atoms with Gasteiger partial charge in [0.15, 0.2) is 0 Å². The van der Waals surface area contributed by atoms with Crippen LogP contribution in [-0.4, -0.2) is 31.1 Å². The van der Waals surface area contributed by atoms with E-state index in [-0.39, 0.29) is 5.91 Å². The van der Waals surface area contributed by atoms with E-state index in [0.29, 0.717) is 36.0 Å². The second-order valence-corrected chi connectivity index (χ2v) is 5.94. The van der Waals surface area contributed by atoms with Crippen molar-refractivity contribution in [2.75, 3.05) is 26.0 Å². The van der Waals surface area contributed by atoms with Crippen molar-refractivity contribution in [2.45, 2.75) is 6.54 Å². The van der Waals surface area contributed by atoms with Crippen molar-refractivity contribution in [3.8, 4) is 0 Å².